The molecule has 0 aromatic heterocycles. The molecule has 0 unspecified atom stereocenters. The van der Waals surface area contributed by atoms with Crippen molar-refractivity contribution in [3.63, 3.8) is 0 Å². The summed E-state index contributed by atoms with van der Waals surface area (Å²) in [4.78, 5) is 10.9. The van der Waals surface area contributed by atoms with Gasteiger partial charge in [0, 0.05) is 17.0 Å². The minimum Gasteiger partial charge on any atom is -0.495 e. The van der Waals surface area contributed by atoms with Crippen molar-refractivity contribution in [3.05, 3.63) is 27.7 Å². The highest BCUT2D eigenvalue weighted by atomic mass is 35.5. The molecule has 0 radical (unpaired) electrons. The average Bonchev–Trinajstić information content (AvgIpc) is 2.15. The predicted molar refractivity (Wildman–Crippen MR) is 57.8 cm³/mol. The second-order valence-electron chi connectivity index (χ2n) is 3.18. The van der Waals surface area contributed by atoms with Crippen molar-refractivity contribution in [2.24, 2.45) is 0 Å². The molecule has 1 aromatic rings. The van der Waals surface area contributed by atoms with Crippen LogP contribution in [0.4, 0.5) is 13.2 Å². The summed E-state index contributed by atoms with van der Waals surface area (Å²) in [5, 5.41) is 0.200. The van der Waals surface area contributed by atoms with Crippen molar-refractivity contribution < 1.29 is 22.7 Å². The van der Waals surface area contributed by atoms with Gasteiger partial charge in [-0.2, -0.15) is 13.2 Å². The molecule has 94 valence electrons. The monoisotopic (exact) mass is 286 g/mol. The standard InChI is InChI=1S/C10H7Cl2F3O2/c1-17-9-5(2-6(11)4-7(9)12)3-8(16)10(13,14)15/h2,4H,3H2,1H3. The maximum absolute atomic E-state index is 12.1. The molecule has 0 aliphatic carbocycles. The highest BCUT2D eigenvalue weighted by Gasteiger charge is 2.38. The van der Waals surface area contributed by atoms with Gasteiger partial charge in [-0.3, -0.25) is 4.79 Å². The number of ketones is 1. The van der Waals surface area contributed by atoms with Crippen LogP contribution in [0.5, 0.6) is 5.75 Å². The second-order valence-corrected chi connectivity index (χ2v) is 4.02. The van der Waals surface area contributed by atoms with Gasteiger partial charge in [0.05, 0.1) is 12.1 Å². The van der Waals surface area contributed by atoms with Crippen molar-refractivity contribution in [2.75, 3.05) is 7.11 Å². The lowest BCUT2D eigenvalue weighted by molar-refractivity contribution is -0.170. The van der Waals surface area contributed by atoms with Gasteiger partial charge in [0.15, 0.2) is 0 Å². The minimum atomic E-state index is -4.89. The molecule has 0 N–H and O–H groups in total. The number of alkyl halides is 3. The summed E-state index contributed by atoms with van der Waals surface area (Å²) in [6, 6.07) is 2.54. The molecule has 7 heteroatoms. The number of carbonyl (C=O) groups excluding carboxylic acids is 1. The smallest absolute Gasteiger partial charge is 0.450 e. The van der Waals surface area contributed by atoms with Gasteiger partial charge in [-0.05, 0) is 12.1 Å². The fraction of sp³-hybridized carbons (Fsp3) is 0.300. The Morgan fingerprint density at radius 1 is 1.35 bits per heavy atom. The van der Waals surface area contributed by atoms with E-state index in [1.54, 1.807) is 0 Å². The molecule has 0 saturated carbocycles. The van der Waals surface area contributed by atoms with E-state index in [0.717, 1.165) is 0 Å². The summed E-state index contributed by atoms with van der Waals surface area (Å²) in [6.45, 7) is 0. The summed E-state index contributed by atoms with van der Waals surface area (Å²) >= 11 is 11.4. The van der Waals surface area contributed by atoms with E-state index in [-0.39, 0.29) is 21.4 Å². The molecule has 0 heterocycles. The van der Waals surface area contributed by atoms with Crippen molar-refractivity contribution in [1.29, 1.82) is 0 Å². The number of halogens is 5. The van der Waals surface area contributed by atoms with E-state index >= 15 is 0 Å². The predicted octanol–water partition coefficient (Wildman–Crippen LogP) is 3.68. The van der Waals surface area contributed by atoms with E-state index in [2.05, 4.69) is 0 Å². The summed E-state index contributed by atoms with van der Waals surface area (Å²) in [7, 11) is 1.25. The SMILES string of the molecule is COc1c(Cl)cc(Cl)cc1CC(=O)C(F)(F)F. The van der Waals surface area contributed by atoms with Gasteiger partial charge in [-0.25, -0.2) is 0 Å². The Morgan fingerprint density at radius 3 is 2.41 bits per heavy atom. The van der Waals surface area contributed by atoms with Gasteiger partial charge in [0.2, 0.25) is 5.78 Å². The second kappa shape index (κ2) is 5.14. The lowest BCUT2D eigenvalue weighted by Gasteiger charge is -2.11. The third-order valence-corrected chi connectivity index (χ3v) is 2.46. The van der Waals surface area contributed by atoms with Crippen LogP contribution in [0.25, 0.3) is 0 Å². The number of rotatable bonds is 3. The van der Waals surface area contributed by atoms with Crippen LogP contribution in [-0.2, 0) is 11.2 Å². The van der Waals surface area contributed by atoms with Gasteiger partial charge in [-0.1, -0.05) is 23.2 Å². The summed E-state index contributed by atoms with van der Waals surface area (Å²) in [5.41, 5.74) is 0.00678. The fourth-order valence-corrected chi connectivity index (χ4v) is 1.86. The zero-order chi connectivity index (χ0) is 13.2. The third-order valence-electron chi connectivity index (χ3n) is 1.96. The van der Waals surface area contributed by atoms with Gasteiger partial charge in [0.1, 0.15) is 5.75 Å². The lowest BCUT2D eigenvalue weighted by atomic mass is 10.1. The van der Waals surface area contributed by atoms with Crippen LogP contribution in [0.2, 0.25) is 10.0 Å². The Morgan fingerprint density at radius 2 is 1.94 bits per heavy atom. The maximum atomic E-state index is 12.1. The van der Waals surface area contributed by atoms with Gasteiger partial charge < -0.3 is 4.74 Å². The van der Waals surface area contributed by atoms with E-state index in [4.69, 9.17) is 27.9 Å². The maximum Gasteiger partial charge on any atom is 0.450 e. The van der Waals surface area contributed by atoms with Crippen LogP contribution in [-0.4, -0.2) is 19.1 Å². The molecular formula is C10H7Cl2F3O2. The van der Waals surface area contributed by atoms with E-state index in [1.807, 2.05) is 0 Å². The van der Waals surface area contributed by atoms with Crippen molar-refractivity contribution in [3.8, 4) is 5.75 Å². The number of methoxy groups -OCH3 is 1. The van der Waals surface area contributed by atoms with E-state index in [9.17, 15) is 18.0 Å². The molecule has 0 bridgehead atoms. The Hall–Kier alpha value is -0.940. The van der Waals surface area contributed by atoms with Gasteiger partial charge >= 0.3 is 6.18 Å². The zero-order valence-corrected chi connectivity index (χ0v) is 10.1. The topological polar surface area (TPSA) is 26.3 Å². The van der Waals surface area contributed by atoms with Crippen LogP contribution < -0.4 is 4.74 Å². The first-order valence-corrected chi connectivity index (χ1v) is 5.13. The summed E-state index contributed by atoms with van der Waals surface area (Å²) in [6.07, 6.45) is -5.74. The number of Topliss-reactive ketones (excluding diaryl/α,β-unsaturated/α-hetero) is 1. The van der Waals surface area contributed by atoms with E-state index < -0.39 is 18.4 Å². The molecule has 1 aromatic carbocycles. The molecule has 0 saturated heterocycles. The molecule has 0 spiro atoms. The fourth-order valence-electron chi connectivity index (χ4n) is 1.25. The first-order chi connectivity index (χ1) is 7.75. The molecular weight excluding hydrogens is 280 g/mol. The first kappa shape index (κ1) is 14.1. The van der Waals surface area contributed by atoms with E-state index in [1.165, 1.54) is 19.2 Å². The molecule has 1 rings (SSSR count). The van der Waals surface area contributed by atoms with Crippen LogP contribution in [0.3, 0.4) is 0 Å². The van der Waals surface area contributed by atoms with Crippen LogP contribution in [0.15, 0.2) is 12.1 Å². The van der Waals surface area contributed by atoms with E-state index in [0.29, 0.717) is 0 Å². The quantitative estimate of drug-likeness (QED) is 0.847. The summed E-state index contributed by atoms with van der Waals surface area (Å²) in [5.74, 6) is -1.86. The molecule has 0 atom stereocenters. The largest absolute Gasteiger partial charge is 0.495 e. The Labute approximate surface area is 105 Å². The molecule has 0 amide bonds. The molecule has 2 nitrogen and oxygen atoms in total. The van der Waals surface area contributed by atoms with Crippen molar-refractivity contribution in [2.45, 2.75) is 12.6 Å². The lowest BCUT2D eigenvalue weighted by Crippen LogP contribution is -2.24. The minimum absolute atomic E-state index is 0.00678. The number of hydrogen-bond acceptors (Lipinski definition) is 2. The number of benzene rings is 1. The zero-order valence-electron chi connectivity index (χ0n) is 8.57. The normalized spacial score (nSPS) is 11.4. The third kappa shape index (κ3) is 3.51. The van der Waals surface area contributed by atoms with Gasteiger partial charge in [-0.15, -0.1) is 0 Å². The number of hydrogen-bond donors (Lipinski definition) is 0. The molecule has 17 heavy (non-hydrogen) atoms. The average molecular weight is 287 g/mol. The number of ether oxygens (including phenoxy) is 1. The highest BCUT2D eigenvalue weighted by molar-refractivity contribution is 6.35. The van der Waals surface area contributed by atoms with Crippen LogP contribution in [0.1, 0.15) is 5.56 Å². The van der Waals surface area contributed by atoms with Gasteiger partial charge in [0.25, 0.3) is 0 Å². The number of carbonyl (C=O) groups is 1. The Kier molecular flexibility index (Phi) is 4.27. The van der Waals surface area contributed by atoms with Crippen molar-refractivity contribution >= 4 is 29.0 Å². The summed E-state index contributed by atoms with van der Waals surface area (Å²) < 4.78 is 41.2. The Bertz CT molecular complexity index is 444. The highest BCUT2D eigenvalue weighted by Crippen LogP contribution is 2.33. The Balaban J connectivity index is 3.10. The van der Waals surface area contributed by atoms with Crippen LogP contribution in [0, 0.1) is 0 Å². The van der Waals surface area contributed by atoms with Crippen LogP contribution >= 0.6 is 23.2 Å². The molecule has 0 aliphatic heterocycles. The molecule has 0 aliphatic rings. The molecule has 0 fully saturated rings. The first-order valence-electron chi connectivity index (χ1n) is 4.37. The van der Waals surface area contributed by atoms with Crippen molar-refractivity contribution in [1.82, 2.24) is 0 Å².